The third-order valence-corrected chi connectivity index (χ3v) is 2.48. The zero-order valence-electron chi connectivity index (χ0n) is 11.9. The van der Waals surface area contributed by atoms with Gasteiger partial charge in [-0.05, 0) is 37.1 Å². The van der Waals surface area contributed by atoms with E-state index in [1.165, 1.54) is 12.1 Å². The van der Waals surface area contributed by atoms with E-state index in [4.69, 9.17) is 0 Å². The summed E-state index contributed by atoms with van der Waals surface area (Å²) in [5.41, 5.74) is 1.97. The molecular weight excluding hydrogens is 267 g/mol. The first-order chi connectivity index (χ1) is 9.26. The molecular formula is C15H20F3NO. The van der Waals surface area contributed by atoms with Gasteiger partial charge in [0.05, 0.1) is 0 Å². The van der Waals surface area contributed by atoms with Gasteiger partial charge >= 0.3 is 6.36 Å². The highest BCUT2D eigenvalue weighted by Crippen LogP contribution is 2.23. The fourth-order valence-corrected chi connectivity index (χ4v) is 1.66. The highest BCUT2D eigenvalue weighted by molar-refractivity contribution is 5.53. The summed E-state index contributed by atoms with van der Waals surface area (Å²) in [6.45, 7) is 7.94. The molecule has 112 valence electrons. The SMILES string of the molecule is CC(=Cc1ccc(OC(F)(F)F)cc1)CNCC(C)C. The van der Waals surface area contributed by atoms with Crippen molar-refractivity contribution in [2.45, 2.75) is 27.1 Å². The van der Waals surface area contributed by atoms with E-state index in [-0.39, 0.29) is 5.75 Å². The molecule has 0 radical (unpaired) electrons. The van der Waals surface area contributed by atoms with Gasteiger partial charge in [0.25, 0.3) is 0 Å². The van der Waals surface area contributed by atoms with Gasteiger partial charge in [-0.3, -0.25) is 0 Å². The number of alkyl halides is 3. The van der Waals surface area contributed by atoms with Crippen molar-refractivity contribution < 1.29 is 17.9 Å². The number of hydrogen-bond donors (Lipinski definition) is 1. The van der Waals surface area contributed by atoms with Gasteiger partial charge in [0, 0.05) is 6.54 Å². The molecule has 0 aliphatic rings. The molecule has 0 saturated carbocycles. The van der Waals surface area contributed by atoms with Crippen molar-refractivity contribution in [2.24, 2.45) is 5.92 Å². The minimum atomic E-state index is -4.64. The lowest BCUT2D eigenvalue weighted by molar-refractivity contribution is -0.274. The summed E-state index contributed by atoms with van der Waals surface area (Å²) in [6.07, 6.45) is -2.71. The Hall–Kier alpha value is -1.49. The molecule has 5 heteroatoms. The zero-order chi connectivity index (χ0) is 15.2. The number of hydrogen-bond acceptors (Lipinski definition) is 2. The second-order valence-electron chi connectivity index (χ2n) is 5.13. The minimum Gasteiger partial charge on any atom is -0.406 e. The molecule has 0 heterocycles. The summed E-state index contributed by atoms with van der Waals surface area (Å²) >= 11 is 0. The largest absolute Gasteiger partial charge is 0.573 e. The zero-order valence-corrected chi connectivity index (χ0v) is 11.9. The van der Waals surface area contributed by atoms with Crippen molar-refractivity contribution in [2.75, 3.05) is 13.1 Å². The predicted octanol–water partition coefficient (Wildman–Crippen LogP) is 4.23. The standard InChI is InChI=1S/C15H20F3NO/c1-11(2)9-19-10-12(3)8-13-4-6-14(7-5-13)20-15(16,17)18/h4-8,11,19H,9-10H2,1-3H3. The number of benzene rings is 1. The van der Waals surface area contributed by atoms with Gasteiger partial charge in [0.1, 0.15) is 5.75 Å². The van der Waals surface area contributed by atoms with Gasteiger partial charge in [-0.25, -0.2) is 0 Å². The quantitative estimate of drug-likeness (QED) is 0.845. The molecule has 0 atom stereocenters. The van der Waals surface area contributed by atoms with Gasteiger partial charge in [0.2, 0.25) is 0 Å². The monoisotopic (exact) mass is 287 g/mol. The molecule has 1 N–H and O–H groups in total. The molecule has 0 aliphatic heterocycles. The van der Waals surface area contributed by atoms with E-state index in [9.17, 15) is 13.2 Å². The Labute approximate surface area is 117 Å². The van der Waals surface area contributed by atoms with E-state index < -0.39 is 6.36 Å². The van der Waals surface area contributed by atoms with E-state index in [2.05, 4.69) is 23.9 Å². The van der Waals surface area contributed by atoms with Gasteiger partial charge in [-0.2, -0.15) is 0 Å². The molecule has 0 saturated heterocycles. The third-order valence-electron chi connectivity index (χ3n) is 2.48. The Bertz CT molecular complexity index is 435. The normalized spacial score (nSPS) is 12.8. The van der Waals surface area contributed by atoms with E-state index >= 15 is 0 Å². The average Bonchev–Trinajstić information content (AvgIpc) is 2.29. The smallest absolute Gasteiger partial charge is 0.406 e. The van der Waals surface area contributed by atoms with Crippen LogP contribution in [0, 0.1) is 5.92 Å². The molecule has 2 nitrogen and oxygen atoms in total. The number of nitrogens with one attached hydrogen (secondary N) is 1. The van der Waals surface area contributed by atoms with Crippen LogP contribution in [0.15, 0.2) is 29.8 Å². The Kier molecular flexibility index (Phi) is 6.07. The highest BCUT2D eigenvalue weighted by atomic mass is 19.4. The van der Waals surface area contributed by atoms with Crippen molar-refractivity contribution >= 4 is 6.08 Å². The molecule has 0 aromatic heterocycles. The molecule has 0 amide bonds. The molecule has 0 fully saturated rings. The van der Waals surface area contributed by atoms with Crippen molar-refractivity contribution in [1.82, 2.24) is 5.32 Å². The lowest BCUT2D eigenvalue weighted by atomic mass is 10.1. The fraction of sp³-hybridized carbons (Fsp3) is 0.467. The van der Waals surface area contributed by atoms with Gasteiger partial charge < -0.3 is 10.1 Å². The molecule has 1 aromatic rings. The van der Waals surface area contributed by atoms with Crippen LogP contribution in [0.25, 0.3) is 6.08 Å². The number of halogens is 3. The van der Waals surface area contributed by atoms with Crippen molar-refractivity contribution in [3.05, 3.63) is 35.4 Å². The molecule has 20 heavy (non-hydrogen) atoms. The molecule has 0 unspecified atom stereocenters. The predicted molar refractivity (Wildman–Crippen MR) is 74.5 cm³/mol. The van der Waals surface area contributed by atoms with Crippen molar-refractivity contribution in [1.29, 1.82) is 0 Å². The number of rotatable bonds is 6. The third kappa shape index (κ3) is 7.19. The Morgan fingerprint density at radius 3 is 2.35 bits per heavy atom. The van der Waals surface area contributed by atoms with Gasteiger partial charge in [-0.15, -0.1) is 13.2 Å². The second kappa shape index (κ2) is 7.33. The lowest BCUT2D eigenvalue weighted by Crippen LogP contribution is -2.21. The van der Waals surface area contributed by atoms with E-state index in [0.717, 1.165) is 24.2 Å². The lowest BCUT2D eigenvalue weighted by Gasteiger charge is -2.09. The molecule has 0 spiro atoms. The Balaban J connectivity index is 2.55. The highest BCUT2D eigenvalue weighted by Gasteiger charge is 2.30. The summed E-state index contributed by atoms with van der Waals surface area (Å²) in [6, 6.07) is 5.84. The van der Waals surface area contributed by atoms with Crippen LogP contribution in [0.3, 0.4) is 0 Å². The maximum Gasteiger partial charge on any atom is 0.573 e. The van der Waals surface area contributed by atoms with Gasteiger partial charge in [0.15, 0.2) is 0 Å². The van der Waals surface area contributed by atoms with Crippen LogP contribution < -0.4 is 10.1 Å². The van der Waals surface area contributed by atoms with Crippen LogP contribution in [0.1, 0.15) is 26.3 Å². The molecule has 0 bridgehead atoms. The molecule has 1 rings (SSSR count). The van der Waals surface area contributed by atoms with Crippen LogP contribution in [0.2, 0.25) is 0 Å². The molecule has 0 aliphatic carbocycles. The average molecular weight is 287 g/mol. The topological polar surface area (TPSA) is 21.3 Å². The summed E-state index contributed by atoms with van der Waals surface area (Å²) in [5.74, 6) is 0.381. The Morgan fingerprint density at radius 2 is 1.85 bits per heavy atom. The first-order valence-corrected chi connectivity index (χ1v) is 6.50. The van der Waals surface area contributed by atoms with Crippen LogP contribution in [0.5, 0.6) is 5.75 Å². The molecule has 1 aromatic carbocycles. The second-order valence-corrected chi connectivity index (χ2v) is 5.13. The summed E-state index contributed by atoms with van der Waals surface area (Å²) < 4.78 is 39.9. The van der Waals surface area contributed by atoms with E-state index in [0.29, 0.717) is 5.92 Å². The number of ether oxygens (including phenoxy) is 1. The van der Waals surface area contributed by atoms with Crippen molar-refractivity contribution in [3.63, 3.8) is 0 Å². The van der Waals surface area contributed by atoms with Crippen LogP contribution in [-0.4, -0.2) is 19.5 Å². The summed E-state index contributed by atoms with van der Waals surface area (Å²) in [7, 11) is 0. The maximum atomic E-state index is 12.0. The first kappa shape index (κ1) is 16.6. The Morgan fingerprint density at radius 1 is 1.25 bits per heavy atom. The van der Waals surface area contributed by atoms with E-state index in [1.807, 2.05) is 13.0 Å². The first-order valence-electron chi connectivity index (χ1n) is 6.50. The van der Waals surface area contributed by atoms with Crippen LogP contribution in [0.4, 0.5) is 13.2 Å². The van der Waals surface area contributed by atoms with Crippen LogP contribution in [-0.2, 0) is 0 Å². The maximum absolute atomic E-state index is 12.0. The van der Waals surface area contributed by atoms with Crippen LogP contribution >= 0.6 is 0 Å². The summed E-state index contributed by atoms with van der Waals surface area (Å²) in [4.78, 5) is 0. The fourth-order valence-electron chi connectivity index (χ4n) is 1.66. The van der Waals surface area contributed by atoms with Gasteiger partial charge in [-0.1, -0.05) is 37.6 Å². The minimum absolute atomic E-state index is 0.203. The van der Waals surface area contributed by atoms with E-state index in [1.54, 1.807) is 12.1 Å². The van der Waals surface area contributed by atoms with Crippen molar-refractivity contribution in [3.8, 4) is 5.75 Å². The summed E-state index contributed by atoms with van der Waals surface area (Å²) in [5, 5.41) is 3.31.